The summed E-state index contributed by atoms with van der Waals surface area (Å²) in [6, 6.07) is 6.11. The van der Waals surface area contributed by atoms with Crippen LogP contribution in [0.15, 0.2) is 39.4 Å². The largest absolute Gasteiger partial charge is 0.364 e. The first-order valence-electron chi connectivity index (χ1n) is 6.64. The van der Waals surface area contributed by atoms with Crippen LogP contribution in [0.2, 0.25) is 0 Å². The third-order valence-electron chi connectivity index (χ3n) is 2.90. The van der Waals surface area contributed by atoms with E-state index in [-0.39, 0.29) is 24.0 Å². The molecule has 2 N–H and O–H groups in total. The number of hydrogen-bond acceptors (Lipinski definition) is 4. The summed E-state index contributed by atoms with van der Waals surface area (Å²) in [5, 5.41) is 12.5. The lowest BCUT2D eigenvalue weighted by molar-refractivity contribution is 0.410. The number of halogens is 1. The standard InChI is InChI=1S/C14H20N4OS.HI/c1-11(8-13-4-3-7-20-13)9-16-14(15-2)17-10-12-5-6-19-18-12;/h3-7,11H,8-10H2,1-2H3,(H2,15,16,17);1H. The lowest BCUT2D eigenvalue weighted by Gasteiger charge is -2.15. The fourth-order valence-corrected chi connectivity index (χ4v) is 2.71. The van der Waals surface area contributed by atoms with Gasteiger partial charge in [0.1, 0.15) is 12.0 Å². The van der Waals surface area contributed by atoms with E-state index in [0.29, 0.717) is 12.5 Å². The summed E-state index contributed by atoms with van der Waals surface area (Å²) in [5.74, 6) is 1.34. The summed E-state index contributed by atoms with van der Waals surface area (Å²) >= 11 is 1.81. The van der Waals surface area contributed by atoms with Crippen molar-refractivity contribution < 1.29 is 4.52 Å². The first-order valence-corrected chi connectivity index (χ1v) is 7.52. The van der Waals surface area contributed by atoms with Crippen LogP contribution in [0.3, 0.4) is 0 Å². The van der Waals surface area contributed by atoms with Crippen LogP contribution in [-0.4, -0.2) is 24.7 Å². The molecular formula is C14H21IN4OS. The molecule has 0 saturated heterocycles. The Morgan fingerprint density at radius 1 is 1.43 bits per heavy atom. The van der Waals surface area contributed by atoms with Gasteiger partial charge in [-0.25, -0.2) is 0 Å². The molecule has 0 aliphatic rings. The van der Waals surface area contributed by atoms with Crippen molar-refractivity contribution in [3.8, 4) is 0 Å². The highest BCUT2D eigenvalue weighted by molar-refractivity contribution is 14.0. The number of nitrogens with zero attached hydrogens (tertiary/aromatic N) is 2. The third-order valence-corrected chi connectivity index (χ3v) is 3.80. The zero-order chi connectivity index (χ0) is 14.2. The van der Waals surface area contributed by atoms with Gasteiger partial charge in [-0.2, -0.15) is 0 Å². The number of rotatable bonds is 6. The van der Waals surface area contributed by atoms with E-state index < -0.39 is 0 Å². The van der Waals surface area contributed by atoms with Crippen molar-refractivity contribution in [1.82, 2.24) is 15.8 Å². The average Bonchev–Trinajstić information content (AvgIpc) is 3.12. The second-order valence-corrected chi connectivity index (χ2v) is 5.72. The van der Waals surface area contributed by atoms with Crippen molar-refractivity contribution in [1.29, 1.82) is 0 Å². The topological polar surface area (TPSA) is 62.5 Å². The van der Waals surface area contributed by atoms with Crippen LogP contribution in [0, 0.1) is 5.92 Å². The lowest BCUT2D eigenvalue weighted by atomic mass is 10.1. The zero-order valence-electron chi connectivity index (χ0n) is 12.2. The van der Waals surface area contributed by atoms with E-state index in [1.807, 2.05) is 17.4 Å². The maximum Gasteiger partial charge on any atom is 0.191 e. The Kier molecular flexibility index (Phi) is 8.36. The molecular weight excluding hydrogens is 399 g/mol. The molecule has 0 fully saturated rings. The van der Waals surface area contributed by atoms with Crippen LogP contribution in [0.4, 0.5) is 0 Å². The fourth-order valence-electron chi connectivity index (χ4n) is 1.84. The summed E-state index contributed by atoms with van der Waals surface area (Å²) in [5.41, 5.74) is 0.861. The number of aliphatic imine (C=N–C) groups is 1. The van der Waals surface area contributed by atoms with E-state index in [1.54, 1.807) is 13.3 Å². The Bertz CT molecular complexity index is 513. The van der Waals surface area contributed by atoms with E-state index in [1.165, 1.54) is 4.88 Å². The number of thiophene rings is 1. The first kappa shape index (κ1) is 18.0. The smallest absolute Gasteiger partial charge is 0.191 e. The number of guanidine groups is 1. The van der Waals surface area contributed by atoms with Crippen LogP contribution in [0.5, 0.6) is 0 Å². The van der Waals surface area contributed by atoms with E-state index in [9.17, 15) is 0 Å². The fraction of sp³-hybridized carbons (Fsp3) is 0.429. The molecule has 2 aromatic rings. The minimum atomic E-state index is 0. The van der Waals surface area contributed by atoms with Gasteiger partial charge in [-0.15, -0.1) is 35.3 Å². The molecule has 2 aromatic heterocycles. The Balaban J connectivity index is 0.00000220. The number of aromatic nitrogens is 1. The monoisotopic (exact) mass is 420 g/mol. The van der Waals surface area contributed by atoms with Crippen molar-refractivity contribution >= 4 is 41.3 Å². The van der Waals surface area contributed by atoms with E-state index in [2.05, 4.69) is 45.2 Å². The Hall–Kier alpha value is -1.09. The predicted molar refractivity (Wildman–Crippen MR) is 97.3 cm³/mol. The van der Waals surface area contributed by atoms with Gasteiger partial charge in [0.05, 0.1) is 6.54 Å². The molecule has 116 valence electrons. The van der Waals surface area contributed by atoms with Crippen LogP contribution < -0.4 is 10.6 Å². The first-order chi connectivity index (χ1) is 9.78. The zero-order valence-corrected chi connectivity index (χ0v) is 15.4. The predicted octanol–water partition coefficient (Wildman–Crippen LogP) is 2.90. The van der Waals surface area contributed by atoms with Crippen LogP contribution in [-0.2, 0) is 13.0 Å². The second-order valence-electron chi connectivity index (χ2n) is 4.69. The van der Waals surface area contributed by atoms with E-state index >= 15 is 0 Å². The van der Waals surface area contributed by atoms with Crippen molar-refractivity contribution in [2.45, 2.75) is 19.9 Å². The molecule has 0 amide bonds. The Morgan fingerprint density at radius 3 is 2.90 bits per heavy atom. The molecule has 2 rings (SSSR count). The molecule has 7 heteroatoms. The summed E-state index contributed by atoms with van der Waals surface area (Å²) < 4.78 is 4.79. The van der Waals surface area contributed by atoms with E-state index in [4.69, 9.17) is 4.52 Å². The van der Waals surface area contributed by atoms with Crippen molar-refractivity contribution in [3.05, 3.63) is 40.4 Å². The van der Waals surface area contributed by atoms with Crippen molar-refractivity contribution in [3.63, 3.8) is 0 Å². The lowest BCUT2D eigenvalue weighted by Crippen LogP contribution is -2.39. The average molecular weight is 420 g/mol. The van der Waals surface area contributed by atoms with Gasteiger partial charge in [0.2, 0.25) is 0 Å². The van der Waals surface area contributed by atoms with Gasteiger partial charge in [0.15, 0.2) is 5.96 Å². The highest BCUT2D eigenvalue weighted by Crippen LogP contribution is 2.13. The molecule has 0 saturated carbocycles. The van der Waals surface area contributed by atoms with Gasteiger partial charge in [0, 0.05) is 24.5 Å². The minimum Gasteiger partial charge on any atom is -0.364 e. The summed E-state index contributed by atoms with van der Waals surface area (Å²) in [6.45, 7) is 3.73. The number of nitrogens with one attached hydrogen (secondary N) is 2. The van der Waals surface area contributed by atoms with Gasteiger partial charge in [-0.3, -0.25) is 4.99 Å². The summed E-state index contributed by atoms with van der Waals surface area (Å²) in [4.78, 5) is 5.62. The molecule has 0 aliphatic carbocycles. The molecule has 0 bridgehead atoms. The molecule has 1 atom stereocenters. The third kappa shape index (κ3) is 6.47. The van der Waals surface area contributed by atoms with Crippen molar-refractivity contribution in [2.24, 2.45) is 10.9 Å². The van der Waals surface area contributed by atoms with Gasteiger partial charge >= 0.3 is 0 Å². The molecule has 21 heavy (non-hydrogen) atoms. The molecule has 0 radical (unpaired) electrons. The summed E-state index contributed by atoms with van der Waals surface area (Å²) in [7, 11) is 1.77. The van der Waals surface area contributed by atoms with E-state index in [0.717, 1.165) is 24.6 Å². The SMILES string of the molecule is CN=C(NCc1ccon1)NCC(C)Cc1cccs1.I. The van der Waals surface area contributed by atoms with Gasteiger partial charge in [-0.1, -0.05) is 18.1 Å². The molecule has 1 unspecified atom stereocenters. The van der Waals surface area contributed by atoms with Crippen LogP contribution >= 0.6 is 35.3 Å². The molecule has 0 aliphatic heterocycles. The Labute approximate surface area is 146 Å². The van der Waals surface area contributed by atoms with Gasteiger partial charge in [-0.05, 0) is 23.8 Å². The summed E-state index contributed by atoms with van der Waals surface area (Å²) in [6.07, 6.45) is 2.65. The Morgan fingerprint density at radius 2 is 2.29 bits per heavy atom. The maximum absolute atomic E-state index is 4.79. The normalized spacial score (nSPS) is 12.6. The van der Waals surface area contributed by atoms with Crippen LogP contribution in [0.25, 0.3) is 0 Å². The highest BCUT2D eigenvalue weighted by atomic mass is 127. The van der Waals surface area contributed by atoms with Gasteiger partial charge in [0.25, 0.3) is 0 Å². The molecule has 0 aromatic carbocycles. The molecule has 5 nitrogen and oxygen atoms in total. The quantitative estimate of drug-likeness (QED) is 0.429. The highest BCUT2D eigenvalue weighted by Gasteiger charge is 2.06. The van der Waals surface area contributed by atoms with Crippen molar-refractivity contribution in [2.75, 3.05) is 13.6 Å². The minimum absolute atomic E-state index is 0. The number of hydrogen-bond donors (Lipinski definition) is 2. The second kappa shape index (κ2) is 9.78. The maximum atomic E-state index is 4.79. The van der Waals surface area contributed by atoms with Crippen LogP contribution in [0.1, 0.15) is 17.5 Å². The molecule has 2 heterocycles. The van der Waals surface area contributed by atoms with Gasteiger partial charge < -0.3 is 15.2 Å². The molecule has 0 spiro atoms.